The highest BCUT2D eigenvalue weighted by Crippen LogP contribution is 2.45. The minimum Gasteiger partial charge on any atom is -0.324 e. The van der Waals surface area contributed by atoms with Crippen molar-refractivity contribution in [2.75, 3.05) is 6.61 Å². The lowest BCUT2D eigenvalue weighted by molar-refractivity contribution is -0.118. The summed E-state index contributed by atoms with van der Waals surface area (Å²) in [5.41, 5.74) is 2.87. The van der Waals surface area contributed by atoms with E-state index in [-0.39, 0.29) is 24.9 Å². The van der Waals surface area contributed by atoms with Gasteiger partial charge in [0.25, 0.3) is 0 Å². The van der Waals surface area contributed by atoms with Crippen molar-refractivity contribution in [2.45, 2.75) is 45.6 Å². The van der Waals surface area contributed by atoms with Crippen molar-refractivity contribution >= 4 is 35.1 Å². The lowest BCUT2D eigenvalue weighted by atomic mass is 9.95. The molecule has 0 saturated carbocycles. The van der Waals surface area contributed by atoms with Gasteiger partial charge in [-0.25, -0.2) is 0 Å². The highest BCUT2D eigenvalue weighted by atomic mass is 32.5. The predicted molar refractivity (Wildman–Crippen MR) is 128 cm³/mol. The number of nitrogens with zero attached hydrogens (tertiary/aromatic N) is 1. The molecule has 1 heterocycles. The van der Waals surface area contributed by atoms with Crippen LogP contribution < -0.4 is 0 Å². The third-order valence-electron chi connectivity index (χ3n) is 4.75. The van der Waals surface area contributed by atoms with E-state index in [9.17, 15) is 9.69 Å². The number of ketones is 1. The first-order chi connectivity index (χ1) is 14.9. The fourth-order valence-corrected chi connectivity index (χ4v) is 5.14. The number of pyridine rings is 1. The number of carbonyl (C=O) groups excluding carboxylic acids is 1. The maximum Gasteiger partial charge on any atom is 0.324 e. The van der Waals surface area contributed by atoms with Gasteiger partial charge in [-0.15, -0.1) is 0 Å². The van der Waals surface area contributed by atoms with E-state index in [2.05, 4.69) is 11.1 Å². The number of fused-ring (bicyclic) bond motifs is 1. The number of hydrogen-bond acceptors (Lipinski definition) is 5. The molecule has 2 aromatic carbocycles. The van der Waals surface area contributed by atoms with E-state index < -0.39 is 6.72 Å². The molecule has 0 aliphatic heterocycles. The number of rotatable bonds is 11. The molecule has 5 nitrogen and oxygen atoms in total. The topological polar surface area (TPSA) is 68.7 Å². The highest BCUT2D eigenvalue weighted by molar-refractivity contribution is 8.07. The van der Waals surface area contributed by atoms with Gasteiger partial charge in [0, 0.05) is 30.0 Å². The lowest BCUT2D eigenvalue weighted by Crippen LogP contribution is -2.07. The van der Waals surface area contributed by atoms with Gasteiger partial charge in [0.05, 0.1) is 18.4 Å². The summed E-state index contributed by atoms with van der Waals surface area (Å²) in [7, 11) is 0. The zero-order valence-electron chi connectivity index (χ0n) is 17.9. The van der Waals surface area contributed by atoms with Crippen LogP contribution >= 0.6 is 6.72 Å². The van der Waals surface area contributed by atoms with Crippen LogP contribution in [0.15, 0.2) is 60.8 Å². The summed E-state index contributed by atoms with van der Waals surface area (Å²) in [6.45, 7) is 0.673. The summed E-state index contributed by atoms with van der Waals surface area (Å²) in [6, 6.07) is 18.2. The minimum atomic E-state index is -3.19. The number of hydrogen-bond donors (Lipinski definition) is 1. The molecule has 1 aromatic heterocycles. The average molecular weight is 458 g/mol. The second-order valence-corrected chi connectivity index (χ2v) is 10.5. The summed E-state index contributed by atoms with van der Waals surface area (Å²) in [6.07, 6.45) is 3.63. The molecule has 31 heavy (non-hydrogen) atoms. The fraction of sp³-hybridized carbons (Fsp3) is 0.333. The van der Waals surface area contributed by atoms with Crippen molar-refractivity contribution in [3.63, 3.8) is 0 Å². The zero-order chi connectivity index (χ0) is 22.3. The maximum atomic E-state index is 12.7. The number of Topliss-reactive ketones (excluding diaryl/α,β-unsaturated/α-hetero) is 1. The summed E-state index contributed by atoms with van der Waals surface area (Å²) >= 11 is 4.95. The standard InChI is InChI=1S/C24H28NO4PS/c1-18(2)29-30(27,31)28-15-9-8-13-21(26)16-23-24(19-10-4-3-5-11-19)22-14-7-6-12-20(22)17-25-23/h3-7,10-12,14,17-18H,8-9,13,15-16H2,1-2H3,(H,27,31). The Kier molecular flexibility index (Phi) is 8.47. The Morgan fingerprint density at radius 2 is 1.81 bits per heavy atom. The van der Waals surface area contributed by atoms with Crippen molar-refractivity contribution < 1.29 is 18.7 Å². The van der Waals surface area contributed by atoms with Gasteiger partial charge in [-0.2, -0.15) is 0 Å². The van der Waals surface area contributed by atoms with E-state index in [1.54, 1.807) is 13.8 Å². The van der Waals surface area contributed by atoms with E-state index in [1.165, 1.54) is 0 Å². The summed E-state index contributed by atoms with van der Waals surface area (Å²) in [5.74, 6) is 0.127. The molecule has 0 saturated heterocycles. The first-order valence-electron chi connectivity index (χ1n) is 10.5. The number of carbonyl (C=O) groups is 1. The van der Waals surface area contributed by atoms with Gasteiger partial charge < -0.3 is 13.9 Å². The average Bonchev–Trinajstić information content (AvgIpc) is 2.73. The summed E-state index contributed by atoms with van der Waals surface area (Å²) in [5, 5.41) is 2.15. The molecule has 0 amide bonds. The quantitative estimate of drug-likeness (QED) is 0.288. The molecule has 1 N–H and O–H groups in total. The summed E-state index contributed by atoms with van der Waals surface area (Å²) < 4.78 is 10.5. The smallest absolute Gasteiger partial charge is 0.324 e. The van der Waals surface area contributed by atoms with Crippen molar-refractivity contribution in [3.05, 3.63) is 66.5 Å². The molecule has 0 aliphatic carbocycles. The largest absolute Gasteiger partial charge is 0.324 e. The molecule has 0 spiro atoms. The van der Waals surface area contributed by atoms with Crippen LogP contribution in [-0.2, 0) is 32.1 Å². The molecule has 0 aliphatic rings. The SMILES string of the molecule is CC(C)OP(O)(=S)OCCCCC(=O)Cc1ncc2ccccc2c1-c1ccccc1. The van der Waals surface area contributed by atoms with Gasteiger partial charge in [-0.3, -0.25) is 9.78 Å². The second kappa shape index (κ2) is 11.1. The van der Waals surface area contributed by atoms with Gasteiger partial charge in [0.2, 0.25) is 0 Å². The van der Waals surface area contributed by atoms with Gasteiger partial charge in [0.15, 0.2) is 0 Å². The van der Waals surface area contributed by atoms with Crippen molar-refractivity contribution in [1.29, 1.82) is 0 Å². The lowest BCUT2D eigenvalue weighted by Gasteiger charge is -2.17. The van der Waals surface area contributed by atoms with Gasteiger partial charge >= 0.3 is 6.72 Å². The monoisotopic (exact) mass is 457 g/mol. The molecular weight excluding hydrogens is 429 g/mol. The molecule has 0 fully saturated rings. The van der Waals surface area contributed by atoms with Gasteiger partial charge in [0.1, 0.15) is 5.78 Å². The third-order valence-corrected chi connectivity index (χ3v) is 6.53. The van der Waals surface area contributed by atoms with Crippen LogP contribution in [0.25, 0.3) is 21.9 Å². The van der Waals surface area contributed by atoms with E-state index in [1.807, 2.05) is 54.7 Å². The maximum absolute atomic E-state index is 12.7. The fourth-order valence-electron chi connectivity index (χ4n) is 3.44. The molecule has 164 valence electrons. The molecule has 0 bridgehead atoms. The Morgan fingerprint density at radius 1 is 1.10 bits per heavy atom. The number of unbranched alkanes of at least 4 members (excludes halogenated alkanes) is 1. The molecule has 0 radical (unpaired) electrons. The summed E-state index contributed by atoms with van der Waals surface area (Å²) in [4.78, 5) is 27.2. The van der Waals surface area contributed by atoms with E-state index in [0.29, 0.717) is 19.3 Å². The van der Waals surface area contributed by atoms with Crippen LogP contribution in [-0.4, -0.2) is 28.4 Å². The van der Waals surface area contributed by atoms with Gasteiger partial charge in [-0.1, -0.05) is 54.6 Å². The van der Waals surface area contributed by atoms with Crippen LogP contribution in [0.4, 0.5) is 0 Å². The van der Waals surface area contributed by atoms with Crippen LogP contribution in [0.2, 0.25) is 0 Å². The number of benzene rings is 2. The molecule has 1 atom stereocenters. The predicted octanol–water partition coefficient (Wildman–Crippen LogP) is 5.84. The zero-order valence-corrected chi connectivity index (χ0v) is 19.6. The van der Waals surface area contributed by atoms with Crippen molar-refractivity contribution in [3.8, 4) is 11.1 Å². The molecule has 7 heteroatoms. The van der Waals surface area contributed by atoms with Gasteiger partial charge in [-0.05, 0) is 49.4 Å². The second-order valence-electron chi connectivity index (χ2n) is 7.66. The molecule has 1 unspecified atom stereocenters. The minimum absolute atomic E-state index is 0.127. The van der Waals surface area contributed by atoms with Crippen LogP contribution in [0.5, 0.6) is 0 Å². The highest BCUT2D eigenvalue weighted by Gasteiger charge is 2.17. The molecule has 3 aromatic rings. The Balaban J connectivity index is 1.63. The Morgan fingerprint density at radius 3 is 2.55 bits per heavy atom. The Hall–Kier alpha value is -1.95. The number of aromatic nitrogens is 1. The normalized spacial score (nSPS) is 13.4. The Bertz CT molecular complexity index is 1070. The van der Waals surface area contributed by atoms with Crippen LogP contribution in [0, 0.1) is 0 Å². The van der Waals surface area contributed by atoms with Crippen molar-refractivity contribution in [1.82, 2.24) is 4.98 Å². The third kappa shape index (κ3) is 7.03. The van der Waals surface area contributed by atoms with Crippen molar-refractivity contribution in [2.24, 2.45) is 0 Å². The van der Waals surface area contributed by atoms with E-state index >= 15 is 0 Å². The molecule has 3 rings (SSSR count). The first kappa shape index (κ1) is 23.7. The molecular formula is C24H28NO4PS. The first-order valence-corrected chi connectivity index (χ1v) is 13.0. The Labute approximate surface area is 188 Å². The van der Waals surface area contributed by atoms with Crippen LogP contribution in [0.1, 0.15) is 38.8 Å². The van der Waals surface area contributed by atoms with E-state index in [4.69, 9.17) is 20.9 Å². The van der Waals surface area contributed by atoms with Crippen LogP contribution in [0.3, 0.4) is 0 Å². The van der Waals surface area contributed by atoms with E-state index in [0.717, 1.165) is 27.6 Å².